The van der Waals surface area contributed by atoms with Crippen LogP contribution in [-0.2, 0) is 19.0 Å². The molecule has 0 spiro atoms. The first kappa shape index (κ1) is 16.4. The lowest BCUT2D eigenvalue weighted by atomic mass is 10.0. The lowest BCUT2D eigenvalue weighted by Gasteiger charge is -2.20. The van der Waals surface area contributed by atoms with Gasteiger partial charge >= 0.3 is 5.97 Å². The van der Waals surface area contributed by atoms with E-state index in [1.54, 1.807) is 0 Å². The molecule has 1 aliphatic heterocycles. The summed E-state index contributed by atoms with van der Waals surface area (Å²) in [4.78, 5) is 11.9. The van der Waals surface area contributed by atoms with E-state index in [0.717, 1.165) is 13.0 Å². The van der Waals surface area contributed by atoms with Crippen molar-refractivity contribution in [3.8, 4) is 0 Å². The molecule has 1 N–H and O–H groups in total. The predicted octanol–water partition coefficient (Wildman–Crippen LogP) is 1.36. The smallest absolute Gasteiger partial charge is 0.313 e. The van der Waals surface area contributed by atoms with Crippen LogP contribution in [0.3, 0.4) is 0 Å². The summed E-state index contributed by atoms with van der Waals surface area (Å²) in [7, 11) is 0. The van der Waals surface area contributed by atoms with Crippen LogP contribution in [0, 0.1) is 5.92 Å². The Morgan fingerprint density at radius 3 is 2.68 bits per heavy atom. The molecule has 19 heavy (non-hydrogen) atoms. The van der Waals surface area contributed by atoms with E-state index in [1.807, 2.05) is 20.8 Å². The molecular formula is C14H27NO4. The van der Waals surface area contributed by atoms with Crippen LogP contribution >= 0.6 is 0 Å². The Morgan fingerprint density at radius 2 is 2.05 bits per heavy atom. The zero-order valence-corrected chi connectivity index (χ0v) is 12.5. The van der Waals surface area contributed by atoms with Crippen LogP contribution in [-0.4, -0.2) is 50.6 Å². The van der Waals surface area contributed by atoms with Gasteiger partial charge in [0.05, 0.1) is 31.3 Å². The lowest BCUT2D eigenvalue weighted by molar-refractivity contribution is -0.152. The molecule has 0 radical (unpaired) electrons. The molecule has 0 amide bonds. The third-order valence-corrected chi connectivity index (χ3v) is 2.90. The van der Waals surface area contributed by atoms with Crippen LogP contribution in [0.15, 0.2) is 0 Å². The van der Waals surface area contributed by atoms with E-state index in [0.29, 0.717) is 26.4 Å². The minimum Gasteiger partial charge on any atom is -0.463 e. The van der Waals surface area contributed by atoms with Crippen molar-refractivity contribution in [2.75, 3.05) is 33.0 Å². The molecule has 1 saturated heterocycles. The lowest BCUT2D eigenvalue weighted by Crippen LogP contribution is -2.40. The normalized spacial score (nSPS) is 23.6. The quantitative estimate of drug-likeness (QED) is 0.560. The number of nitrogens with one attached hydrogen (secondary N) is 1. The van der Waals surface area contributed by atoms with Crippen LogP contribution in [0.4, 0.5) is 0 Å². The zero-order valence-electron chi connectivity index (χ0n) is 12.5. The molecule has 0 aromatic heterocycles. The van der Waals surface area contributed by atoms with Gasteiger partial charge < -0.3 is 19.5 Å². The van der Waals surface area contributed by atoms with Gasteiger partial charge in [-0.25, -0.2) is 0 Å². The Morgan fingerprint density at radius 1 is 1.32 bits per heavy atom. The molecule has 1 rings (SSSR count). The second-order valence-electron chi connectivity index (χ2n) is 5.83. The molecule has 0 bridgehead atoms. The van der Waals surface area contributed by atoms with Gasteiger partial charge in [-0.2, -0.15) is 0 Å². The van der Waals surface area contributed by atoms with Crippen LogP contribution in [0.5, 0.6) is 0 Å². The standard InChI is InChI=1S/C14H27NO4/c1-5-6-15-12-10-17-9-11(12)13(16)18-7-8-19-14(2,3)4/h11-12,15H,5-10H2,1-4H3. The van der Waals surface area contributed by atoms with Crippen LogP contribution < -0.4 is 5.32 Å². The maximum absolute atomic E-state index is 11.9. The summed E-state index contributed by atoms with van der Waals surface area (Å²) in [6.07, 6.45) is 1.04. The molecule has 0 saturated carbocycles. The fourth-order valence-electron chi connectivity index (χ4n) is 1.91. The van der Waals surface area contributed by atoms with E-state index in [9.17, 15) is 4.79 Å². The number of carbonyl (C=O) groups excluding carboxylic acids is 1. The van der Waals surface area contributed by atoms with Gasteiger partial charge in [-0.15, -0.1) is 0 Å². The maximum Gasteiger partial charge on any atom is 0.313 e. The Balaban J connectivity index is 2.24. The Labute approximate surface area is 116 Å². The highest BCUT2D eigenvalue weighted by Crippen LogP contribution is 2.15. The van der Waals surface area contributed by atoms with Crippen LogP contribution in [0.2, 0.25) is 0 Å². The van der Waals surface area contributed by atoms with Gasteiger partial charge in [0.25, 0.3) is 0 Å². The third-order valence-electron chi connectivity index (χ3n) is 2.90. The summed E-state index contributed by atoms with van der Waals surface area (Å²) >= 11 is 0. The number of carbonyl (C=O) groups is 1. The van der Waals surface area contributed by atoms with Crippen LogP contribution in [0.25, 0.3) is 0 Å². The minimum atomic E-state index is -0.200. The van der Waals surface area contributed by atoms with E-state index in [2.05, 4.69) is 12.2 Å². The summed E-state index contributed by atoms with van der Waals surface area (Å²) in [6, 6.07) is 0.0796. The van der Waals surface area contributed by atoms with Crippen LogP contribution in [0.1, 0.15) is 34.1 Å². The van der Waals surface area contributed by atoms with Gasteiger partial charge in [0.1, 0.15) is 6.61 Å². The molecule has 1 aliphatic rings. The van der Waals surface area contributed by atoms with Crippen molar-refractivity contribution in [3.63, 3.8) is 0 Å². The van der Waals surface area contributed by atoms with Gasteiger partial charge in [0, 0.05) is 6.04 Å². The van der Waals surface area contributed by atoms with Crippen molar-refractivity contribution in [2.45, 2.75) is 45.8 Å². The first-order valence-electron chi connectivity index (χ1n) is 7.05. The highest BCUT2D eigenvalue weighted by Gasteiger charge is 2.34. The number of hydrogen-bond acceptors (Lipinski definition) is 5. The Kier molecular flexibility index (Phi) is 6.75. The topological polar surface area (TPSA) is 56.8 Å². The van der Waals surface area contributed by atoms with Gasteiger partial charge in [-0.05, 0) is 33.7 Å². The molecule has 0 aromatic rings. The monoisotopic (exact) mass is 273 g/mol. The van der Waals surface area contributed by atoms with E-state index in [4.69, 9.17) is 14.2 Å². The van der Waals surface area contributed by atoms with E-state index >= 15 is 0 Å². The highest BCUT2D eigenvalue weighted by molar-refractivity contribution is 5.73. The van der Waals surface area contributed by atoms with Gasteiger partial charge in [0.2, 0.25) is 0 Å². The molecule has 5 heteroatoms. The van der Waals surface area contributed by atoms with Gasteiger partial charge in [0.15, 0.2) is 0 Å². The summed E-state index contributed by atoms with van der Waals surface area (Å²) in [5, 5.41) is 3.32. The molecule has 112 valence electrons. The average molecular weight is 273 g/mol. The summed E-state index contributed by atoms with van der Waals surface area (Å²) in [6.45, 7) is 10.7. The number of ether oxygens (including phenoxy) is 3. The summed E-state index contributed by atoms with van der Waals surface area (Å²) in [5.74, 6) is -0.384. The largest absolute Gasteiger partial charge is 0.463 e. The second kappa shape index (κ2) is 7.82. The average Bonchev–Trinajstić information content (AvgIpc) is 2.79. The molecular weight excluding hydrogens is 246 g/mol. The second-order valence-corrected chi connectivity index (χ2v) is 5.83. The zero-order chi connectivity index (χ0) is 14.3. The molecule has 1 fully saturated rings. The predicted molar refractivity (Wildman–Crippen MR) is 73.1 cm³/mol. The minimum absolute atomic E-state index is 0.0796. The van der Waals surface area contributed by atoms with E-state index in [-0.39, 0.29) is 23.5 Å². The van der Waals surface area contributed by atoms with Gasteiger partial charge in [-0.1, -0.05) is 6.92 Å². The summed E-state index contributed by atoms with van der Waals surface area (Å²) < 4.78 is 16.1. The summed E-state index contributed by atoms with van der Waals surface area (Å²) in [5.41, 5.74) is -0.200. The molecule has 0 aromatic carbocycles. The first-order chi connectivity index (χ1) is 8.94. The highest BCUT2D eigenvalue weighted by atomic mass is 16.6. The van der Waals surface area contributed by atoms with Crippen molar-refractivity contribution < 1.29 is 19.0 Å². The molecule has 2 atom stereocenters. The fraction of sp³-hybridized carbons (Fsp3) is 0.929. The SMILES string of the molecule is CCCNC1COCC1C(=O)OCCOC(C)(C)C. The first-order valence-corrected chi connectivity index (χ1v) is 7.05. The van der Waals surface area contributed by atoms with Gasteiger partial charge in [-0.3, -0.25) is 4.79 Å². The maximum atomic E-state index is 11.9. The number of rotatable bonds is 7. The Bertz CT molecular complexity index is 275. The number of hydrogen-bond donors (Lipinski definition) is 1. The van der Waals surface area contributed by atoms with E-state index < -0.39 is 0 Å². The molecule has 0 aliphatic carbocycles. The van der Waals surface area contributed by atoms with Crippen molar-refractivity contribution in [2.24, 2.45) is 5.92 Å². The van der Waals surface area contributed by atoms with Crippen molar-refractivity contribution in [1.82, 2.24) is 5.32 Å². The van der Waals surface area contributed by atoms with Crippen molar-refractivity contribution >= 4 is 5.97 Å². The molecule has 2 unspecified atom stereocenters. The van der Waals surface area contributed by atoms with E-state index in [1.165, 1.54) is 0 Å². The fourth-order valence-corrected chi connectivity index (χ4v) is 1.91. The van der Waals surface area contributed by atoms with Crippen molar-refractivity contribution in [1.29, 1.82) is 0 Å². The third kappa shape index (κ3) is 6.36. The van der Waals surface area contributed by atoms with Crippen molar-refractivity contribution in [3.05, 3.63) is 0 Å². The number of esters is 1. The molecule has 5 nitrogen and oxygen atoms in total. The molecule has 1 heterocycles. The Hall–Kier alpha value is -0.650.